The predicted molar refractivity (Wildman–Crippen MR) is 33.4 cm³/mol. The van der Waals surface area contributed by atoms with E-state index < -0.39 is 12.0 Å². The van der Waals surface area contributed by atoms with Gasteiger partial charge in [-0.2, -0.15) is 0 Å². The van der Waals surface area contributed by atoms with Crippen molar-refractivity contribution in [2.24, 2.45) is 0 Å². The molecule has 0 aromatic rings. The van der Waals surface area contributed by atoms with Crippen molar-refractivity contribution in [1.82, 2.24) is 4.90 Å². The Morgan fingerprint density at radius 1 is 1.80 bits per heavy atom. The highest BCUT2D eigenvalue weighted by molar-refractivity contribution is 5.87. The lowest BCUT2D eigenvalue weighted by molar-refractivity contribution is -0.145. The largest absolute Gasteiger partial charge is 0.480 e. The molecule has 56 valence electrons. The predicted octanol–water partition coefficient (Wildman–Crippen LogP) is -0.308. The first-order valence-corrected chi connectivity index (χ1v) is 3.11. The lowest BCUT2D eigenvalue weighted by atomic mass is 10.2. The van der Waals surface area contributed by atoms with Crippen LogP contribution in [0.4, 0.5) is 0 Å². The Morgan fingerprint density at radius 2 is 2.40 bits per heavy atom. The quantitative estimate of drug-likeness (QED) is 0.547. The molecule has 0 bridgehead atoms. The van der Waals surface area contributed by atoms with Gasteiger partial charge in [-0.1, -0.05) is 0 Å². The maximum atomic E-state index is 10.8. The summed E-state index contributed by atoms with van der Waals surface area (Å²) in [7, 11) is 1.52. The molecule has 0 aliphatic carbocycles. The van der Waals surface area contributed by atoms with Crippen LogP contribution in [0.3, 0.4) is 0 Å². The number of rotatable bonds is 1. The van der Waals surface area contributed by atoms with E-state index in [1.807, 2.05) is 0 Å². The second-order valence-corrected chi connectivity index (χ2v) is 2.40. The zero-order valence-electron chi connectivity index (χ0n) is 5.70. The molecule has 1 N–H and O–H groups in total. The fourth-order valence-electron chi connectivity index (χ4n) is 1.09. The Labute approximate surface area is 58.4 Å². The summed E-state index contributed by atoms with van der Waals surface area (Å²) in [6.45, 7) is 0. The van der Waals surface area contributed by atoms with Gasteiger partial charge in [0.05, 0.1) is 0 Å². The number of aliphatic carboxylic acids is 1. The number of carboxylic acid groups (broad SMARTS) is 1. The van der Waals surface area contributed by atoms with Crippen molar-refractivity contribution in [3.8, 4) is 0 Å². The Balaban J connectivity index is 2.66. The highest BCUT2D eigenvalue weighted by Gasteiger charge is 2.32. The number of carbonyl (C=O) groups is 2. The van der Waals surface area contributed by atoms with Crippen molar-refractivity contribution >= 4 is 11.9 Å². The molecule has 0 aromatic heterocycles. The normalized spacial score (nSPS) is 25.5. The van der Waals surface area contributed by atoms with E-state index in [-0.39, 0.29) is 5.91 Å². The van der Waals surface area contributed by atoms with Crippen LogP contribution in [0.5, 0.6) is 0 Å². The van der Waals surface area contributed by atoms with E-state index in [2.05, 4.69) is 0 Å². The molecule has 0 spiro atoms. The van der Waals surface area contributed by atoms with E-state index in [1.165, 1.54) is 11.9 Å². The van der Waals surface area contributed by atoms with E-state index in [0.717, 1.165) is 0 Å². The van der Waals surface area contributed by atoms with Crippen LogP contribution in [-0.4, -0.2) is 35.0 Å². The average molecular weight is 143 g/mol. The molecule has 0 unspecified atom stereocenters. The molecule has 0 aromatic carbocycles. The zero-order valence-corrected chi connectivity index (χ0v) is 5.70. The van der Waals surface area contributed by atoms with Gasteiger partial charge in [-0.05, 0) is 6.42 Å². The van der Waals surface area contributed by atoms with E-state index in [1.54, 1.807) is 0 Å². The lowest BCUT2D eigenvalue weighted by Crippen LogP contribution is -2.34. The molecule has 10 heavy (non-hydrogen) atoms. The lowest BCUT2D eigenvalue weighted by Gasteiger charge is -2.14. The molecule has 1 saturated heterocycles. The molecule has 1 amide bonds. The summed E-state index contributed by atoms with van der Waals surface area (Å²) in [5.41, 5.74) is 0. The summed E-state index contributed by atoms with van der Waals surface area (Å²) in [6, 6.07) is -0.590. The maximum absolute atomic E-state index is 10.8. The average Bonchev–Trinajstić information content (AvgIpc) is 2.14. The van der Waals surface area contributed by atoms with Gasteiger partial charge in [0.15, 0.2) is 0 Å². The number of likely N-dealkylation sites (N-methyl/N-ethyl adjacent to an activating group) is 1. The molecule has 1 atom stereocenters. The Bertz CT molecular complexity index is 178. The van der Waals surface area contributed by atoms with Gasteiger partial charge in [0, 0.05) is 13.5 Å². The van der Waals surface area contributed by atoms with Crippen LogP contribution in [0.2, 0.25) is 0 Å². The van der Waals surface area contributed by atoms with Gasteiger partial charge in [0.25, 0.3) is 0 Å². The van der Waals surface area contributed by atoms with Gasteiger partial charge < -0.3 is 10.0 Å². The van der Waals surface area contributed by atoms with Gasteiger partial charge in [-0.3, -0.25) is 4.79 Å². The number of carboxylic acids is 1. The van der Waals surface area contributed by atoms with Crippen molar-refractivity contribution < 1.29 is 14.7 Å². The Hall–Kier alpha value is -1.06. The number of carbonyl (C=O) groups excluding carboxylic acids is 1. The number of likely N-dealkylation sites (tertiary alicyclic amines) is 1. The zero-order chi connectivity index (χ0) is 7.72. The minimum atomic E-state index is -0.909. The molecule has 1 aliphatic heterocycles. The third-order valence-corrected chi connectivity index (χ3v) is 1.78. The van der Waals surface area contributed by atoms with Crippen molar-refractivity contribution in [1.29, 1.82) is 0 Å². The highest BCUT2D eigenvalue weighted by Crippen LogP contribution is 2.15. The van der Waals surface area contributed by atoms with E-state index >= 15 is 0 Å². The second kappa shape index (κ2) is 2.28. The minimum Gasteiger partial charge on any atom is -0.480 e. The summed E-state index contributed by atoms with van der Waals surface area (Å²) in [5.74, 6) is -0.985. The second-order valence-electron chi connectivity index (χ2n) is 2.40. The number of hydrogen-bond acceptors (Lipinski definition) is 2. The Morgan fingerprint density at radius 3 is 2.60 bits per heavy atom. The van der Waals surface area contributed by atoms with Crippen LogP contribution in [0.15, 0.2) is 0 Å². The first-order chi connectivity index (χ1) is 4.63. The summed E-state index contributed by atoms with van der Waals surface area (Å²) in [4.78, 5) is 22.4. The van der Waals surface area contributed by atoms with Gasteiger partial charge in [-0.15, -0.1) is 0 Å². The molecule has 4 heteroatoms. The van der Waals surface area contributed by atoms with E-state index in [9.17, 15) is 9.59 Å². The van der Waals surface area contributed by atoms with Gasteiger partial charge >= 0.3 is 5.97 Å². The molecule has 1 rings (SSSR count). The standard InChI is InChI=1S/C6H9NO3/c1-7-4(6(9)10)2-3-5(7)8/h4H,2-3H2,1H3,(H,9,10)/t4-/m1/s1. The van der Waals surface area contributed by atoms with Crippen LogP contribution in [0.1, 0.15) is 12.8 Å². The molecule has 4 nitrogen and oxygen atoms in total. The van der Waals surface area contributed by atoms with Gasteiger partial charge in [0.2, 0.25) is 5.91 Å². The fraction of sp³-hybridized carbons (Fsp3) is 0.667. The van der Waals surface area contributed by atoms with Crippen molar-refractivity contribution in [3.63, 3.8) is 0 Å². The van der Waals surface area contributed by atoms with Crippen LogP contribution in [0.25, 0.3) is 0 Å². The summed E-state index contributed by atoms with van der Waals surface area (Å²) in [6.07, 6.45) is 0.818. The number of hydrogen-bond donors (Lipinski definition) is 1. The van der Waals surface area contributed by atoms with Crippen LogP contribution < -0.4 is 0 Å². The van der Waals surface area contributed by atoms with Crippen LogP contribution in [0, 0.1) is 0 Å². The number of nitrogens with zero attached hydrogens (tertiary/aromatic N) is 1. The fourth-order valence-corrected chi connectivity index (χ4v) is 1.09. The van der Waals surface area contributed by atoms with Crippen molar-refractivity contribution in [2.45, 2.75) is 18.9 Å². The smallest absolute Gasteiger partial charge is 0.326 e. The third-order valence-electron chi connectivity index (χ3n) is 1.78. The van der Waals surface area contributed by atoms with Crippen molar-refractivity contribution in [2.75, 3.05) is 7.05 Å². The maximum Gasteiger partial charge on any atom is 0.326 e. The first kappa shape index (κ1) is 7.05. The molecular weight excluding hydrogens is 134 g/mol. The summed E-state index contributed by atoms with van der Waals surface area (Å²) >= 11 is 0. The topological polar surface area (TPSA) is 57.6 Å². The monoisotopic (exact) mass is 143 g/mol. The van der Waals surface area contributed by atoms with Gasteiger partial charge in [0.1, 0.15) is 6.04 Å². The summed E-state index contributed by atoms with van der Waals surface area (Å²) in [5, 5.41) is 8.51. The molecule has 1 aliphatic rings. The molecule has 1 heterocycles. The summed E-state index contributed by atoms with van der Waals surface area (Å²) < 4.78 is 0. The minimum absolute atomic E-state index is 0.0765. The highest BCUT2D eigenvalue weighted by atomic mass is 16.4. The molecule has 1 fully saturated rings. The number of amides is 1. The van der Waals surface area contributed by atoms with E-state index in [0.29, 0.717) is 12.8 Å². The third kappa shape index (κ3) is 0.964. The molecular formula is C6H9NO3. The van der Waals surface area contributed by atoms with Gasteiger partial charge in [-0.25, -0.2) is 4.79 Å². The first-order valence-electron chi connectivity index (χ1n) is 3.11. The molecule has 0 radical (unpaired) electrons. The SMILES string of the molecule is CN1C(=O)CC[C@@H]1C(=O)O. The van der Waals surface area contributed by atoms with Crippen LogP contribution >= 0.6 is 0 Å². The van der Waals surface area contributed by atoms with Crippen molar-refractivity contribution in [3.05, 3.63) is 0 Å². The van der Waals surface area contributed by atoms with Crippen LogP contribution in [-0.2, 0) is 9.59 Å². The van der Waals surface area contributed by atoms with E-state index in [4.69, 9.17) is 5.11 Å². The molecule has 0 saturated carbocycles. The Kier molecular flexibility index (Phi) is 1.61.